The van der Waals surface area contributed by atoms with Gasteiger partial charge in [0.05, 0.1) is 5.69 Å². The van der Waals surface area contributed by atoms with Gasteiger partial charge in [0.15, 0.2) is 0 Å². The molecule has 76 valence electrons. The highest BCUT2D eigenvalue weighted by molar-refractivity contribution is 6.30. The van der Waals surface area contributed by atoms with Crippen LogP contribution in [-0.4, -0.2) is 23.0 Å². The molecule has 0 bridgehead atoms. The van der Waals surface area contributed by atoms with Gasteiger partial charge < -0.3 is 0 Å². The van der Waals surface area contributed by atoms with E-state index in [9.17, 15) is 0 Å². The Hall–Kier alpha value is -0.600. The van der Waals surface area contributed by atoms with Crippen LogP contribution in [0.5, 0.6) is 0 Å². The third-order valence-electron chi connectivity index (χ3n) is 2.61. The van der Waals surface area contributed by atoms with Crippen molar-refractivity contribution in [2.75, 3.05) is 13.1 Å². The number of hydrogen-bond acceptors (Lipinski definition) is 2. The maximum atomic E-state index is 5.90. The molecule has 2 heterocycles. The third-order valence-corrected chi connectivity index (χ3v) is 2.85. The molecule has 2 nitrogen and oxygen atoms in total. The minimum absolute atomic E-state index is 0.784. The molecule has 0 saturated carbocycles. The fraction of sp³-hybridized carbons (Fsp3) is 0.545. The highest BCUT2D eigenvalue weighted by Gasteiger charge is 2.10. The van der Waals surface area contributed by atoms with E-state index in [0.29, 0.717) is 0 Å². The molecule has 0 amide bonds. The summed E-state index contributed by atoms with van der Waals surface area (Å²) in [4.78, 5) is 6.75. The Balaban J connectivity index is 1.95. The molecule has 0 unspecified atom stereocenters. The van der Waals surface area contributed by atoms with Crippen molar-refractivity contribution in [2.45, 2.75) is 25.8 Å². The first kappa shape index (κ1) is 9.94. The number of aromatic nitrogens is 1. The third kappa shape index (κ3) is 2.69. The summed E-state index contributed by atoms with van der Waals surface area (Å²) in [5, 5.41) is 0.784. The molecule has 1 aromatic rings. The summed E-state index contributed by atoms with van der Waals surface area (Å²) in [5.41, 5.74) is 1.08. The minimum atomic E-state index is 0.784. The largest absolute Gasteiger partial charge is 0.298 e. The Morgan fingerprint density at radius 3 is 2.79 bits per heavy atom. The van der Waals surface area contributed by atoms with Crippen LogP contribution in [0.15, 0.2) is 18.3 Å². The predicted octanol–water partition coefficient (Wildman–Crippen LogP) is 2.72. The summed E-state index contributed by atoms with van der Waals surface area (Å²) in [7, 11) is 0. The van der Waals surface area contributed by atoms with Crippen LogP contribution < -0.4 is 0 Å². The summed E-state index contributed by atoms with van der Waals surface area (Å²) in [6.45, 7) is 3.35. The molecular weight excluding hydrogens is 196 g/mol. The second-order valence-corrected chi connectivity index (χ2v) is 4.24. The van der Waals surface area contributed by atoms with Crippen LogP contribution in [0, 0.1) is 0 Å². The number of pyridine rings is 1. The molecule has 14 heavy (non-hydrogen) atoms. The van der Waals surface area contributed by atoms with Gasteiger partial charge in [-0.15, -0.1) is 0 Å². The number of nitrogens with zero attached hydrogens (tertiary/aromatic N) is 2. The van der Waals surface area contributed by atoms with E-state index < -0.39 is 0 Å². The lowest BCUT2D eigenvalue weighted by atomic mass is 10.1. The van der Waals surface area contributed by atoms with Crippen molar-refractivity contribution >= 4 is 11.6 Å². The topological polar surface area (TPSA) is 16.1 Å². The van der Waals surface area contributed by atoms with E-state index in [2.05, 4.69) is 9.88 Å². The molecule has 0 radical (unpaired) electrons. The molecule has 1 aliphatic heterocycles. The molecule has 2 rings (SSSR count). The van der Waals surface area contributed by atoms with Crippen LogP contribution in [0.1, 0.15) is 25.0 Å². The molecule has 0 spiro atoms. The zero-order valence-corrected chi connectivity index (χ0v) is 9.00. The van der Waals surface area contributed by atoms with Crippen LogP contribution in [0.2, 0.25) is 5.02 Å². The Bertz CT molecular complexity index is 295. The van der Waals surface area contributed by atoms with Crippen molar-refractivity contribution in [2.24, 2.45) is 0 Å². The maximum absolute atomic E-state index is 5.90. The molecule has 0 N–H and O–H groups in total. The molecular formula is C11H15ClN2. The molecule has 1 aromatic heterocycles. The van der Waals surface area contributed by atoms with Crippen LogP contribution in [0.25, 0.3) is 0 Å². The molecule has 1 aliphatic rings. The van der Waals surface area contributed by atoms with E-state index in [0.717, 1.165) is 17.3 Å². The Morgan fingerprint density at radius 2 is 2.07 bits per heavy atom. The van der Waals surface area contributed by atoms with Gasteiger partial charge in [0.25, 0.3) is 0 Å². The van der Waals surface area contributed by atoms with Gasteiger partial charge in [-0.2, -0.15) is 0 Å². The number of piperidine rings is 1. The van der Waals surface area contributed by atoms with Gasteiger partial charge in [0.1, 0.15) is 0 Å². The van der Waals surface area contributed by atoms with Gasteiger partial charge in [-0.25, -0.2) is 0 Å². The number of halogens is 1. The average Bonchev–Trinajstić information content (AvgIpc) is 2.19. The summed E-state index contributed by atoms with van der Waals surface area (Å²) >= 11 is 5.90. The molecule has 1 saturated heterocycles. The summed E-state index contributed by atoms with van der Waals surface area (Å²) in [6.07, 6.45) is 5.79. The lowest BCUT2D eigenvalue weighted by Gasteiger charge is -2.25. The summed E-state index contributed by atoms with van der Waals surface area (Å²) < 4.78 is 0. The maximum Gasteiger partial charge on any atom is 0.0558 e. The standard InChI is InChI=1S/C11H15ClN2/c12-10-4-5-13-11(8-10)9-14-6-2-1-3-7-14/h4-5,8H,1-3,6-7,9H2. The number of likely N-dealkylation sites (tertiary alicyclic amines) is 1. The lowest BCUT2D eigenvalue weighted by molar-refractivity contribution is 0.218. The fourth-order valence-corrected chi connectivity index (χ4v) is 2.06. The van der Waals surface area contributed by atoms with Crippen LogP contribution >= 0.6 is 11.6 Å². The Kier molecular flexibility index (Phi) is 3.38. The van der Waals surface area contributed by atoms with Crippen molar-refractivity contribution < 1.29 is 0 Å². The van der Waals surface area contributed by atoms with Gasteiger partial charge in [-0.3, -0.25) is 9.88 Å². The van der Waals surface area contributed by atoms with Gasteiger partial charge in [-0.1, -0.05) is 18.0 Å². The highest BCUT2D eigenvalue weighted by Crippen LogP contribution is 2.14. The first-order valence-electron chi connectivity index (χ1n) is 5.17. The number of rotatable bonds is 2. The summed E-state index contributed by atoms with van der Waals surface area (Å²) in [5.74, 6) is 0. The zero-order valence-electron chi connectivity index (χ0n) is 8.25. The average molecular weight is 211 g/mol. The molecule has 0 aromatic carbocycles. The van der Waals surface area contributed by atoms with Crippen molar-refractivity contribution in [3.05, 3.63) is 29.0 Å². The van der Waals surface area contributed by atoms with E-state index in [1.807, 2.05) is 12.1 Å². The molecule has 0 atom stereocenters. The van der Waals surface area contributed by atoms with Crippen LogP contribution in [0.3, 0.4) is 0 Å². The van der Waals surface area contributed by atoms with Crippen LogP contribution in [0.4, 0.5) is 0 Å². The van der Waals surface area contributed by atoms with Crippen molar-refractivity contribution in [1.82, 2.24) is 9.88 Å². The van der Waals surface area contributed by atoms with Gasteiger partial charge in [0, 0.05) is 17.8 Å². The lowest BCUT2D eigenvalue weighted by Crippen LogP contribution is -2.29. The van der Waals surface area contributed by atoms with Gasteiger partial charge >= 0.3 is 0 Å². The molecule has 1 fully saturated rings. The Morgan fingerprint density at radius 1 is 1.29 bits per heavy atom. The highest BCUT2D eigenvalue weighted by atomic mass is 35.5. The smallest absolute Gasteiger partial charge is 0.0558 e. The Labute approximate surface area is 89.9 Å². The van der Waals surface area contributed by atoms with E-state index in [4.69, 9.17) is 11.6 Å². The van der Waals surface area contributed by atoms with Crippen molar-refractivity contribution in [1.29, 1.82) is 0 Å². The van der Waals surface area contributed by atoms with E-state index >= 15 is 0 Å². The second kappa shape index (κ2) is 4.76. The predicted molar refractivity (Wildman–Crippen MR) is 58.4 cm³/mol. The van der Waals surface area contributed by atoms with Crippen LogP contribution in [-0.2, 0) is 6.54 Å². The fourth-order valence-electron chi connectivity index (χ4n) is 1.88. The van der Waals surface area contributed by atoms with Gasteiger partial charge in [0.2, 0.25) is 0 Å². The van der Waals surface area contributed by atoms with E-state index in [1.165, 1.54) is 32.4 Å². The van der Waals surface area contributed by atoms with Crippen molar-refractivity contribution in [3.8, 4) is 0 Å². The van der Waals surface area contributed by atoms with Crippen molar-refractivity contribution in [3.63, 3.8) is 0 Å². The molecule has 3 heteroatoms. The second-order valence-electron chi connectivity index (χ2n) is 3.80. The first-order chi connectivity index (χ1) is 6.84. The molecule has 0 aliphatic carbocycles. The quantitative estimate of drug-likeness (QED) is 0.746. The monoisotopic (exact) mass is 210 g/mol. The number of hydrogen-bond donors (Lipinski definition) is 0. The van der Waals surface area contributed by atoms with Gasteiger partial charge in [-0.05, 0) is 38.1 Å². The normalized spacial score (nSPS) is 18.4. The SMILES string of the molecule is Clc1ccnc(CN2CCCCC2)c1. The zero-order chi connectivity index (χ0) is 9.80. The van der Waals surface area contributed by atoms with E-state index in [1.54, 1.807) is 6.20 Å². The summed E-state index contributed by atoms with van der Waals surface area (Å²) in [6, 6.07) is 3.78. The first-order valence-corrected chi connectivity index (χ1v) is 5.55. The minimum Gasteiger partial charge on any atom is -0.298 e. The van der Waals surface area contributed by atoms with E-state index in [-0.39, 0.29) is 0 Å².